The van der Waals surface area contributed by atoms with Gasteiger partial charge in [0, 0.05) is 11.0 Å². The van der Waals surface area contributed by atoms with E-state index in [9.17, 15) is 0 Å². The molecule has 108 valence electrons. The average molecular weight is 289 g/mol. The molecule has 1 aliphatic heterocycles. The summed E-state index contributed by atoms with van der Waals surface area (Å²) in [5, 5.41) is 5.44. The van der Waals surface area contributed by atoms with Gasteiger partial charge in [0.2, 0.25) is 0 Å². The van der Waals surface area contributed by atoms with Gasteiger partial charge in [-0.15, -0.1) is 0 Å². The molecule has 0 spiro atoms. The maximum Gasteiger partial charge on any atom is 0.0810 e. The minimum atomic E-state index is -1.43. The van der Waals surface area contributed by atoms with Gasteiger partial charge < -0.3 is 4.74 Å². The summed E-state index contributed by atoms with van der Waals surface area (Å²) < 4.78 is 5.23. The molecule has 0 saturated carbocycles. The van der Waals surface area contributed by atoms with Crippen molar-refractivity contribution in [2.75, 3.05) is 6.61 Å². The predicted octanol–water partition coefficient (Wildman–Crippen LogP) is 3.85. The van der Waals surface area contributed by atoms with Crippen LogP contribution in [0.4, 0.5) is 0 Å². The molecule has 5 heteroatoms. The largest absolute Gasteiger partial charge is 0.373 e. The predicted molar refractivity (Wildman–Crippen MR) is 84.9 cm³/mol. The Kier molecular flexibility index (Phi) is 5.23. The number of nitrogens with zero attached hydrogens (tertiary/aromatic N) is 3. The van der Waals surface area contributed by atoms with Crippen LogP contribution in [-0.2, 0) is 4.74 Å². The molecule has 1 aliphatic rings. The van der Waals surface area contributed by atoms with E-state index in [1.54, 1.807) is 0 Å². The fourth-order valence-corrected chi connectivity index (χ4v) is 4.95. The zero-order valence-corrected chi connectivity index (χ0v) is 13.3. The van der Waals surface area contributed by atoms with Crippen molar-refractivity contribution in [2.45, 2.75) is 50.5 Å². The molecule has 0 bridgehead atoms. The molecule has 4 nitrogen and oxygen atoms in total. The van der Waals surface area contributed by atoms with Crippen molar-refractivity contribution in [3.63, 3.8) is 0 Å². The van der Waals surface area contributed by atoms with Crippen molar-refractivity contribution in [3.8, 4) is 0 Å². The maximum atomic E-state index is 8.70. The van der Waals surface area contributed by atoms with Crippen molar-refractivity contribution in [1.29, 1.82) is 0 Å². The van der Waals surface area contributed by atoms with Crippen molar-refractivity contribution in [1.82, 2.24) is 0 Å². The molecule has 1 heterocycles. The summed E-state index contributed by atoms with van der Waals surface area (Å²) in [5.74, 6) is 0. The molecule has 0 radical (unpaired) electrons. The Labute approximate surface area is 121 Å². The van der Waals surface area contributed by atoms with E-state index in [0.717, 1.165) is 31.9 Å². The Morgan fingerprint density at radius 3 is 2.65 bits per heavy atom. The first-order valence-electron chi connectivity index (χ1n) is 7.33. The van der Waals surface area contributed by atoms with E-state index in [1.807, 2.05) is 0 Å². The average Bonchev–Trinajstić information content (AvgIpc) is 3.27. The minimum absolute atomic E-state index is 0.125. The summed E-state index contributed by atoms with van der Waals surface area (Å²) in [6, 6.07) is 12.0. The van der Waals surface area contributed by atoms with Gasteiger partial charge in [-0.25, -0.2) is 0 Å². The molecule has 1 fully saturated rings. The van der Waals surface area contributed by atoms with E-state index in [4.69, 9.17) is 10.3 Å². The highest BCUT2D eigenvalue weighted by Gasteiger charge is 2.26. The minimum Gasteiger partial charge on any atom is -0.373 e. The SMILES string of the molecule is C[Si](C)(CCC(CCC1CO1)N=[N+]=[N-])c1ccccc1. The molecule has 2 unspecified atom stereocenters. The number of hydrogen-bond donors (Lipinski definition) is 0. The number of azide groups is 1. The van der Waals surface area contributed by atoms with Gasteiger partial charge in [-0.3, -0.25) is 0 Å². The van der Waals surface area contributed by atoms with E-state index in [2.05, 4.69) is 53.5 Å². The lowest BCUT2D eigenvalue weighted by molar-refractivity contribution is 0.382. The van der Waals surface area contributed by atoms with Crippen LogP contribution in [0.25, 0.3) is 10.4 Å². The number of rotatable bonds is 8. The fraction of sp³-hybridized carbons (Fsp3) is 0.600. The second kappa shape index (κ2) is 6.93. The van der Waals surface area contributed by atoms with Crippen molar-refractivity contribution in [3.05, 3.63) is 40.8 Å². The lowest BCUT2D eigenvalue weighted by Gasteiger charge is -2.24. The Balaban J connectivity index is 1.88. The summed E-state index contributed by atoms with van der Waals surface area (Å²) in [6.07, 6.45) is 3.39. The summed E-state index contributed by atoms with van der Waals surface area (Å²) >= 11 is 0. The van der Waals surface area contributed by atoms with Crippen LogP contribution in [0.5, 0.6) is 0 Å². The topological polar surface area (TPSA) is 61.3 Å². The first-order valence-corrected chi connectivity index (χ1v) is 10.5. The summed E-state index contributed by atoms with van der Waals surface area (Å²) in [5.41, 5.74) is 8.70. The van der Waals surface area contributed by atoms with Crippen molar-refractivity contribution < 1.29 is 4.74 Å². The molecule has 0 aromatic heterocycles. The first-order chi connectivity index (χ1) is 9.62. The molecule has 20 heavy (non-hydrogen) atoms. The summed E-state index contributed by atoms with van der Waals surface area (Å²) in [7, 11) is -1.43. The smallest absolute Gasteiger partial charge is 0.0810 e. The van der Waals surface area contributed by atoms with Crippen LogP contribution in [0.1, 0.15) is 19.3 Å². The van der Waals surface area contributed by atoms with Crippen LogP contribution in [0.2, 0.25) is 19.1 Å². The molecular formula is C15H23N3OSi. The standard InChI is InChI=1S/C15H23N3OSi/c1-20(2,15-6-4-3-5-7-15)11-10-13(17-18-16)8-9-14-12-19-14/h3-7,13-14H,8-12H2,1-2H3. The van der Waals surface area contributed by atoms with Gasteiger partial charge in [0.1, 0.15) is 0 Å². The molecule has 0 amide bonds. The molecule has 1 aromatic carbocycles. The molecular weight excluding hydrogens is 266 g/mol. The van der Waals surface area contributed by atoms with Gasteiger partial charge >= 0.3 is 0 Å². The van der Waals surface area contributed by atoms with Gasteiger partial charge in [-0.05, 0) is 24.8 Å². The van der Waals surface area contributed by atoms with Crippen LogP contribution in [0.15, 0.2) is 35.4 Å². The number of hydrogen-bond acceptors (Lipinski definition) is 2. The monoisotopic (exact) mass is 289 g/mol. The normalized spacial score (nSPS) is 19.2. The Bertz CT molecular complexity index is 467. The van der Waals surface area contributed by atoms with Crippen LogP contribution in [-0.4, -0.2) is 26.8 Å². The third-order valence-corrected chi connectivity index (χ3v) is 7.53. The number of epoxide rings is 1. The van der Waals surface area contributed by atoms with E-state index in [0.29, 0.717) is 6.10 Å². The van der Waals surface area contributed by atoms with Crippen molar-refractivity contribution >= 4 is 13.3 Å². The van der Waals surface area contributed by atoms with Crippen LogP contribution in [0, 0.1) is 0 Å². The molecule has 2 rings (SSSR count). The Morgan fingerprint density at radius 2 is 2.05 bits per heavy atom. The number of ether oxygens (including phenoxy) is 1. The first kappa shape index (κ1) is 15.1. The molecule has 1 saturated heterocycles. The van der Waals surface area contributed by atoms with Gasteiger partial charge in [0.05, 0.1) is 20.8 Å². The molecule has 1 aromatic rings. The molecule has 0 N–H and O–H groups in total. The van der Waals surface area contributed by atoms with E-state index in [1.165, 1.54) is 5.19 Å². The summed E-state index contributed by atoms with van der Waals surface area (Å²) in [4.78, 5) is 3.01. The Hall–Kier alpha value is -1.29. The second-order valence-electron chi connectivity index (χ2n) is 6.18. The second-order valence-corrected chi connectivity index (χ2v) is 11.0. The van der Waals surface area contributed by atoms with E-state index < -0.39 is 8.07 Å². The summed E-state index contributed by atoms with van der Waals surface area (Å²) in [6.45, 7) is 5.66. The Morgan fingerprint density at radius 1 is 1.35 bits per heavy atom. The fourth-order valence-electron chi connectivity index (χ4n) is 2.51. The highest BCUT2D eigenvalue weighted by Crippen LogP contribution is 2.22. The van der Waals surface area contributed by atoms with Crippen molar-refractivity contribution in [2.24, 2.45) is 5.11 Å². The van der Waals surface area contributed by atoms with Crippen LogP contribution < -0.4 is 5.19 Å². The third-order valence-electron chi connectivity index (χ3n) is 4.10. The zero-order chi connectivity index (χ0) is 14.4. The molecule has 2 atom stereocenters. The zero-order valence-electron chi connectivity index (χ0n) is 12.3. The van der Waals surface area contributed by atoms with Gasteiger partial charge in [-0.1, -0.05) is 59.8 Å². The lowest BCUT2D eigenvalue weighted by Crippen LogP contribution is -2.41. The highest BCUT2D eigenvalue weighted by atomic mass is 28.3. The van der Waals surface area contributed by atoms with Gasteiger partial charge in [0.25, 0.3) is 0 Å². The number of benzene rings is 1. The van der Waals surface area contributed by atoms with E-state index in [-0.39, 0.29) is 6.04 Å². The van der Waals surface area contributed by atoms with Crippen LogP contribution in [0.3, 0.4) is 0 Å². The highest BCUT2D eigenvalue weighted by molar-refractivity contribution is 6.89. The maximum absolute atomic E-state index is 8.70. The lowest BCUT2D eigenvalue weighted by atomic mass is 10.1. The third kappa shape index (κ3) is 4.67. The van der Waals surface area contributed by atoms with Gasteiger partial charge in [0.15, 0.2) is 0 Å². The van der Waals surface area contributed by atoms with Gasteiger partial charge in [-0.2, -0.15) is 0 Å². The molecule has 0 aliphatic carbocycles. The van der Waals surface area contributed by atoms with Crippen LogP contribution >= 0.6 is 0 Å². The van der Waals surface area contributed by atoms with E-state index >= 15 is 0 Å². The quantitative estimate of drug-likeness (QED) is 0.236.